The van der Waals surface area contributed by atoms with Crippen molar-refractivity contribution in [3.8, 4) is 5.82 Å². The number of halogens is 4. The zero-order valence-electron chi connectivity index (χ0n) is 19.0. The second-order valence-electron chi connectivity index (χ2n) is 7.43. The van der Waals surface area contributed by atoms with Gasteiger partial charge < -0.3 is 10.4 Å². The smallest absolute Gasteiger partial charge is 0.475 e. The third-order valence-corrected chi connectivity index (χ3v) is 5.86. The van der Waals surface area contributed by atoms with Gasteiger partial charge in [0.1, 0.15) is 0 Å². The Labute approximate surface area is 221 Å². The second kappa shape index (κ2) is 11.3. The Morgan fingerprint density at radius 3 is 2.42 bits per heavy atom. The first-order valence-corrected chi connectivity index (χ1v) is 11.8. The Balaban J connectivity index is 0.000000426. The number of carboxylic acids is 1. The maximum absolute atomic E-state index is 12.3. The Morgan fingerprint density at radius 1 is 1.03 bits per heavy atom. The minimum absolute atomic E-state index is 0.255. The van der Waals surface area contributed by atoms with E-state index in [9.17, 15) is 18.0 Å². The maximum atomic E-state index is 12.3. The van der Waals surface area contributed by atoms with Crippen LogP contribution in [0.2, 0.25) is 5.02 Å². The fourth-order valence-electron chi connectivity index (χ4n) is 3.11. The van der Waals surface area contributed by atoms with Gasteiger partial charge in [-0.2, -0.15) is 18.3 Å². The van der Waals surface area contributed by atoms with Crippen LogP contribution in [-0.4, -0.2) is 42.9 Å². The Bertz CT molecular complexity index is 1570. The van der Waals surface area contributed by atoms with Gasteiger partial charge in [-0.1, -0.05) is 23.7 Å². The molecule has 5 rings (SSSR count). The topological polar surface area (TPSA) is 122 Å². The zero-order valence-corrected chi connectivity index (χ0v) is 20.6. The SMILES string of the molecule is O=C(Nc1nccs1)c1ccc(-n2ncc3cc(Nc4ccccc4Cl)ccc32)nc1.O=C(O)C(F)(F)F. The van der Waals surface area contributed by atoms with E-state index >= 15 is 0 Å². The van der Waals surface area contributed by atoms with Crippen LogP contribution >= 0.6 is 22.9 Å². The number of carbonyl (C=O) groups is 2. The number of fused-ring (bicyclic) bond motifs is 1. The molecule has 14 heteroatoms. The average molecular weight is 561 g/mol. The van der Waals surface area contributed by atoms with Crippen molar-refractivity contribution in [3.05, 3.63) is 89.2 Å². The van der Waals surface area contributed by atoms with Crippen LogP contribution < -0.4 is 10.6 Å². The number of nitrogens with zero attached hydrogens (tertiary/aromatic N) is 4. The van der Waals surface area contributed by atoms with Crippen molar-refractivity contribution < 1.29 is 27.9 Å². The molecular formula is C24H16ClF3N6O3S. The molecule has 1 amide bonds. The lowest BCUT2D eigenvalue weighted by Crippen LogP contribution is -2.21. The molecule has 3 aromatic heterocycles. The standard InChI is InChI=1S/C22H15ClN6OS.C2HF3O2/c23-17-3-1-2-4-18(17)27-16-6-7-19-15(11-16)13-26-29(19)20-8-5-14(12-25-20)21(30)28-22-24-9-10-31-22;3-2(4,5)1(6)7/h1-13,27H,(H,24,28,30);(H,6,7). The van der Waals surface area contributed by atoms with Crippen LogP contribution in [-0.2, 0) is 4.79 Å². The van der Waals surface area contributed by atoms with Crippen LogP contribution in [0.15, 0.2) is 78.6 Å². The summed E-state index contributed by atoms with van der Waals surface area (Å²) in [6, 6.07) is 17.0. The van der Waals surface area contributed by atoms with Gasteiger partial charge in [0.2, 0.25) is 0 Å². The molecule has 3 heterocycles. The number of benzene rings is 2. The highest BCUT2D eigenvalue weighted by Crippen LogP contribution is 2.27. The molecule has 0 aliphatic rings. The van der Waals surface area contributed by atoms with Gasteiger partial charge in [0.05, 0.1) is 28.0 Å². The number of hydrogen-bond donors (Lipinski definition) is 3. The van der Waals surface area contributed by atoms with Crippen LogP contribution in [0.3, 0.4) is 0 Å². The molecule has 0 unspecified atom stereocenters. The van der Waals surface area contributed by atoms with Crippen molar-refractivity contribution in [2.75, 3.05) is 10.6 Å². The molecular weight excluding hydrogens is 545 g/mol. The number of anilines is 3. The molecule has 9 nitrogen and oxygen atoms in total. The molecule has 194 valence electrons. The van der Waals surface area contributed by atoms with Gasteiger partial charge in [0, 0.05) is 28.8 Å². The summed E-state index contributed by atoms with van der Waals surface area (Å²) in [5, 5.41) is 21.6. The Morgan fingerprint density at radius 2 is 1.79 bits per heavy atom. The molecule has 38 heavy (non-hydrogen) atoms. The summed E-state index contributed by atoms with van der Waals surface area (Å²) in [7, 11) is 0. The van der Waals surface area contributed by atoms with Gasteiger partial charge in [0.15, 0.2) is 10.9 Å². The van der Waals surface area contributed by atoms with E-state index < -0.39 is 12.1 Å². The van der Waals surface area contributed by atoms with Gasteiger partial charge in [-0.25, -0.2) is 19.4 Å². The van der Waals surface area contributed by atoms with E-state index in [4.69, 9.17) is 21.5 Å². The predicted octanol–water partition coefficient (Wildman–Crippen LogP) is 6.16. The summed E-state index contributed by atoms with van der Waals surface area (Å²) in [6.07, 6.45) is -0.142. The average Bonchev–Trinajstić information content (AvgIpc) is 3.55. The van der Waals surface area contributed by atoms with Crippen molar-refractivity contribution in [2.45, 2.75) is 6.18 Å². The first kappa shape index (κ1) is 26.6. The maximum Gasteiger partial charge on any atom is 0.490 e. The number of para-hydroxylation sites is 1. The summed E-state index contributed by atoms with van der Waals surface area (Å²) in [5.41, 5.74) is 3.09. The Hall–Kier alpha value is -4.49. The number of alkyl halides is 3. The number of amides is 1. The zero-order chi connectivity index (χ0) is 27.3. The molecule has 0 fully saturated rings. The van der Waals surface area contributed by atoms with Crippen LogP contribution in [0.1, 0.15) is 10.4 Å². The molecule has 5 aromatic rings. The molecule has 0 aliphatic heterocycles. The van der Waals surface area contributed by atoms with Gasteiger partial charge in [0.25, 0.3) is 5.91 Å². The summed E-state index contributed by atoms with van der Waals surface area (Å²) in [5.74, 6) is -2.39. The van der Waals surface area contributed by atoms with E-state index in [-0.39, 0.29) is 5.91 Å². The monoisotopic (exact) mass is 560 g/mol. The summed E-state index contributed by atoms with van der Waals surface area (Å²) in [4.78, 5) is 29.7. The van der Waals surface area contributed by atoms with Gasteiger partial charge in [-0.15, -0.1) is 11.3 Å². The van der Waals surface area contributed by atoms with Crippen LogP contribution in [0.4, 0.5) is 29.7 Å². The van der Waals surface area contributed by atoms with E-state index in [2.05, 4.69) is 25.7 Å². The van der Waals surface area contributed by atoms with E-state index in [0.717, 1.165) is 22.3 Å². The van der Waals surface area contributed by atoms with Crippen LogP contribution in [0, 0.1) is 0 Å². The predicted molar refractivity (Wildman–Crippen MR) is 137 cm³/mol. The summed E-state index contributed by atoms with van der Waals surface area (Å²) < 4.78 is 33.5. The van der Waals surface area contributed by atoms with Gasteiger partial charge in [-0.3, -0.25) is 10.1 Å². The van der Waals surface area contributed by atoms with E-state index in [1.165, 1.54) is 17.5 Å². The number of hydrogen-bond acceptors (Lipinski definition) is 7. The fraction of sp³-hybridized carbons (Fsp3) is 0.0417. The lowest BCUT2D eigenvalue weighted by Gasteiger charge is -2.09. The largest absolute Gasteiger partial charge is 0.490 e. The lowest BCUT2D eigenvalue weighted by molar-refractivity contribution is -0.192. The second-order valence-corrected chi connectivity index (χ2v) is 8.74. The molecule has 0 radical (unpaired) electrons. The molecule has 0 saturated heterocycles. The molecule has 0 spiro atoms. The quantitative estimate of drug-likeness (QED) is 0.235. The summed E-state index contributed by atoms with van der Waals surface area (Å²) in [6.45, 7) is 0. The minimum Gasteiger partial charge on any atom is -0.475 e. The molecule has 3 N–H and O–H groups in total. The van der Waals surface area contributed by atoms with Crippen molar-refractivity contribution >= 4 is 62.2 Å². The number of aliphatic carboxylic acids is 1. The van der Waals surface area contributed by atoms with Gasteiger partial charge in [-0.05, 0) is 42.5 Å². The highest BCUT2D eigenvalue weighted by molar-refractivity contribution is 7.13. The number of thiazole rings is 1. The van der Waals surface area contributed by atoms with Crippen molar-refractivity contribution in [1.82, 2.24) is 19.7 Å². The van der Waals surface area contributed by atoms with Crippen molar-refractivity contribution in [1.29, 1.82) is 0 Å². The summed E-state index contributed by atoms with van der Waals surface area (Å²) >= 11 is 7.59. The van der Waals surface area contributed by atoms with Gasteiger partial charge >= 0.3 is 12.1 Å². The normalized spacial score (nSPS) is 10.9. The lowest BCUT2D eigenvalue weighted by atomic mass is 10.2. The third kappa shape index (κ3) is 6.44. The van der Waals surface area contributed by atoms with Crippen molar-refractivity contribution in [3.63, 3.8) is 0 Å². The number of rotatable bonds is 5. The molecule has 0 atom stereocenters. The first-order valence-electron chi connectivity index (χ1n) is 10.6. The first-order chi connectivity index (χ1) is 18.1. The van der Waals surface area contributed by atoms with Crippen LogP contribution in [0.25, 0.3) is 16.7 Å². The molecule has 0 bridgehead atoms. The number of aromatic nitrogens is 4. The minimum atomic E-state index is -5.08. The highest BCUT2D eigenvalue weighted by Gasteiger charge is 2.38. The van der Waals surface area contributed by atoms with Crippen LogP contribution in [0.5, 0.6) is 0 Å². The number of carbonyl (C=O) groups excluding carboxylic acids is 1. The molecule has 0 saturated carbocycles. The Kier molecular flexibility index (Phi) is 7.88. The number of nitrogens with one attached hydrogen (secondary N) is 2. The van der Waals surface area contributed by atoms with Crippen molar-refractivity contribution in [2.24, 2.45) is 0 Å². The highest BCUT2D eigenvalue weighted by atomic mass is 35.5. The number of carboxylic acid groups (broad SMARTS) is 1. The van der Waals surface area contributed by atoms with E-state index in [1.54, 1.807) is 34.6 Å². The third-order valence-electron chi connectivity index (χ3n) is 4.84. The van der Waals surface area contributed by atoms with E-state index in [0.29, 0.717) is 21.5 Å². The molecule has 2 aromatic carbocycles. The fourth-order valence-corrected chi connectivity index (χ4v) is 3.82. The van der Waals surface area contributed by atoms with E-state index in [1.807, 2.05) is 42.5 Å². The molecule has 0 aliphatic carbocycles. The number of pyridine rings is 1.